The largest absolute Gasteiger partial charge is 0.326 e. The number of hydrogen-bond acceptors (Lipinski definition) is 2. The van der Waals surface area contributed by atoms with Crippen molar-refractivity contribution in [1.82, 2.24) is 14.9 Å². The Balaban J connectivity index is 2.00. The molecule has 88 valence electrons. The summed E-state index contributed by atoms with van der Waals surface area (Å²) >= 11 is 0. The Morgan fingerprint density at radius 3 is 3.12 bits per heavy atom. The summed E-state index contributed by atoms with van der Waals surface area (Å²) in [6.45, 7) is 4.28. The van der Waals surface area contributed by atoms with E-state index in [-0.39, 0.29) is 0 Å². The molecule has 1 saturated heterocycles. The van der Waals surface area contributed by atoms with E-state index in [2.05, 4.69) is 46.1 Å². The SMILES string of the molecule is Cc1cccc(-c2cncn2C2CCNC2)c1. The van der Waals surface area contributed by atoms with Crippen molar-refractivity contribution in [3.05, 3.63) is 42.4 Å². The average Bonchev–Trinajstić information content (AvgIpc) is 3.00. The maximum atomic E-state index is 4.31. The highest BCUT2D eigenvalue weighted by molar-refractivity contribution is 5.60. The number of hydrogen-bond donors (Lipinski definition) is 1. The number of aryl methyl sites for hydroxylation is 1. The lowest BCUT2D eigenvalue weighted by Gasteiger charge is -2.14. The smallest absolute Gasteiger partial charge is 0.0954 e. The van der Waals surface area contributed by atoms with E-state index < -0.39 is 0 Å². The maximum Gasteiger partial charge on any atom is 0.0954 e. The minimum absolute atomic E-state index is 0.549. The zero-order valence-corrected chi connectivity index (χ0v) is 10.1. The van der Waals surface area contributed by atoms with Crippen molar-refractivity contribution in [2.45, 2.75) is 19.4 Å². The van der Waals surface area contributed by atoms with E-state index >= 15 is 0 Å². The fraction of sp³-hybridized carbons (Fsp3) is 0.357. The van der Waals surface area contributed by atoms with Gasteiger partial charge in [0, 0.05) is 18.2 Å². The molecule has 3 heteroatoms. The van der Waals surface area contributed by atoms with Gasteiger partial charge in [-0.15, -0.1) is 0 Å². The Bertz CT molecular complexity index is 510. The molecule has 1 fully saturated rings. The molecule has 0 bridgehead atoms. The predicted molar refractivity (Wildman–Crippen MR) is 68.9 cm³/mol. The van der Waals surface area contributed by atoms with Crippen LogP contribution in [0.4, 0.5) is 0 Å². The summed E-state index contributed by atoms with van der Waals surface area (Å²) in [5.41, 5.74) is 3.77. The Morgan fingerprint density at radius 1 is 1.41 bits per heavy atom. The van der Waals surface area contributed by atoms with Crippen molar-refractivity contribution >= 4 is 0 Å². The second kappa shape index (κ2) is 4.34. The molecule has 1 N–H and O–H groups in total. The van der Waals surface area contributed by atoms with E-state index in [1.165, 1.54) is 23.2 Å². The topological polar surface area (TPSA) is 29.9 Å². The van der Waals surface area contributed by atoms with Crippen LogP contribution in [0.2, 0.25) is 0 Å². The van der Waals surface area contributed by atoms with Gasteiger partial charge in [0.05, 0.1) is 18.2 Å². The molecular weight excluding hydrogens is 210 g/mol. The first-order valence-electron chi connectivity index (χ1n) is 6.14. The van der Waals surface area contributed by atoms with E-state index in [9.17, 15) is 0 Å². The summed E-state index contributed by atoms with van der Waals surface area (Å²) in [6.07, 6.45) is 5.11. The Hall–Kier alpha value is -1.61. The van der Waals surface area contributed by atoms with Crippen LogP contribution in [-0.4, -0.2) is 22.6 Å². The van der Waals surface area contributed by atoms with Crippen LogP contribution < -0.4 is 5.32 Å². The molecular formula is C14H17N3. The van der Waals surface area contributed by atoms with Crippen LogP contribution in [0.15, 0.2) is 36.8 Å². The van der Waals surface area contributed by atoms with Gasteiger partial charge in [-0.25, -0.2) is 4.98 Å². The molecule has 0 amide bonds. The van der Waals surface area contributed by atoms with Crippen molar-refractivity contribution in [3.8, 4) is 11.3 Å². The summed E-state index contributed by atoms with van der Waals surface area (Å²) in [6, 6.07) is 9.16. The first-order chi connectivity index (χ1) is 8.34. The third kappa shape index (κ3) is 1.98. The molecule has 3 rings (SSSR count). The number of nitrogens with zero attached hydrogens (tertiary/aromatic N) is 2. The van der Waals surface area contributed by atoms with Crippen molar-refractivity contribution < 1.29 is 0 Å². The van der Waals surface area contributed by atoms with Gasteiger partial charge in [0.2, 0.25) is 0 Å². The Kier molecular flexibility index (Phi) is 2.69. The first kappa shape index (κ1) is 10.5. The molecule has 1 aromatic heterocycles. The molecule has 17 heavy (non-hydrogen) atoms. The average molecular weight is 227 g/mol. The second-order valence-corrected chi connectivity index (χ2v) is 4.70. The molecule has 0 saturated carbocycles. The molecule has 3 nitrogen and oxygen atoms in total. The zero-order valence-electron chi connectivity index (χ0n) is 10.1. The summed E-state index contributed by atoms with van der Waals surface area (Å²) < 4.78 is 2.30. The highest BCUT2D eigenvalue weighted by Gasteiger charge is 2.18. The van der Waals surface area contributed by atoms with E-state index in [4.69, 9.17) is 0 Å². The Morgan fingerprint density at radius 2 is 2.35 bits per heavy atom. The summed E-state index contributed by atoms with van der Waals surface area (Å²) in [5, 5.41) is 3.40. The van der Waals surface area contributed by atoms with Crippen molar-refractivity contribution in [1.29, 1.82) is 0 Å². The predicted octanol–water partition coefficient (Wildman–Crippen LogP) is 2.39. The van der Waals surface area contributed by atoms with Crippen LogP contribution >= 0.6 is 0 Å². The molecule has 1 atom stereocenters. The van der Waals surface area contributed by atoms with Gasteiger partial charge in [-0.1, -0.05) is 23.8 Å². The summed E-state index contributed by atoms with van der Waals surface area (Å²) in [7, 11) is 0. The van der Waals surface area contributed by atoms with Gasteiger partial charge < -0.3 is 9.88 Å². The van der Waals surface area contributed by atoms with Gasteiger partial charge in [-0.2, -0.15) is 0 Å². The number of rotatable bonds is 2. The van der Waals surface area contributed by atoms with Gasteiger partial charge in [0.15, 0.2) is 0 Å². The van der Waals surface area contributed by atoms with Gasteiger partial charge >= 0.3 is 0 Å². The third-order valence-electron chi connectivity index (χ3n) is 3.41. The standard InChI is InChI=1S/C14H17N3/c1-11-3-2-4-12(7-11)14-9-16-10-17(14)13-5-6-15-8-13/h2-4,7,9-10,13,15H,5-6,8H2,1H3. The third-order valence-corrected chi connectivity index (χ3v) is 3.41. The lowest BCUT2D eigenvalue weighted by atomic mass is 10.1. The molecule has 1 unspecified atom stereocenters. The normalized spacial score (nSPS) is 19.7. The molecule has 1 aromatic carbocycles. The molecule has 1 aliphatic rings. The number of benzene rings is 1. The van der Waals surface area contributed by atoms with Crippen LogP contribution in [0.25, 0.3) is 11.3 Å². The van der Waals surface area contributed by atoms with Gasteiger partial charge in [-0.05, 0) is 26.0 Å². The summed E-state index contributed by atoms with van der Waals surface area (Å²) in [5.74, 6) is 0. The highest BCUT2D eigenvalue weighted by Crippen LogP contribution is 2.25. The quantitative estimate of drug-likeness (QED) is 0.853. The van der Waals surface area contributed by atoms with Gasteiger partial charge in [0.1, 0.15) is 0 Å². The molecule has 2 aromatic rings. The molecule has 1 aliphatic heterocycles. The molecule has 0 radical (unpaired) electrons. The van der Waals surface area contributed by atoms with E-state index in [1.807, 2.05) is 12.5 Å². The molecule has 0 aliphatic carbocycles. The fourth-order valence-electron chi connectivity index (χ4n) is 2.50. The van der Waals surface area contributed by atoms with Crippen LogP contribution in [0.3, 0.4) is 0 Å². The number of nitrogens with one attached hydrogen (secondary N) is 1. The zero-order chi connectivity index (χ0) is 11.7. The van der Waals surface area contributed by atoms with Crippen molar-refractivity contribution in [3.63, 3.8) is 0 Å². The van der Waals surface area contributed by atoms with Crippen molar-refractivity contribution in [2.75, 3.05) is 13.1 Å². The molecule has 2 heterocycles. The van der Waals surface area contributed by atoms with Gasteiger partial charge in [0.25, 0.3) is 0 Å². The monoisotopic (exact) mass is 227 g/mol. The van der Waals surface area contributed by atoms with Gasteiger partial charge in [-0.3, -0.25) is 0 Å². The number of imidazole rings is 1. The van der Waals surface area contributed by atoms with Crippen LogP contribution in [0, 0.1) is 6.92 Å². The lowest BCUT2D eigenvalue weighted by molar-refractivity contribution is 0.551. The fourth-order valence-corrected chi connectivity index (χ4v) is 2.50. The molecule has 0 spiro atoms. The minimum Gasteiger partial charge on any atom is -0.326 e. The van der Waals surface area contributed by atoms with E-state index in [0.717, 1.165) is 13.1 Å². The van der Waals surface area contributed by atoms with Crippen molar-refractivity contribution in [2.24, 2.45) is 0 Å². The highest BCUT2D eigenvalue weighted by atomic mass is 15.1. The van der Waals surface area contributed by atoms with Crippen LogP contribution in [0.5, 0.6) is 0 Å². The Labute approximate surface area is 101 Å². The minimum atomic E-state index is 0.549. The van der Waals surface area contributed by atoms with E-state index in [1.54, 1.807) is 0 Å². The van der Waals surface area contributed by atoms with Crippen LogP contribution in [0.1, 0.15) is 18.0 Å². The number of aromatic nitrogens is 2. The van der Waals surface area contributed by atoms with Crippen LogP contribution in [-0.2, 0) is 0 Å². The maximum absolute atomic E-state index is 4.31. The first-order valence-corrected chi connectivity index (χ1v) is 6.14. The second-order valence-electron chi connectivity index (χ2n) is 4.70. The lowest BCUT2D eigenvalue weighted by Crippen LogP contribution is -2.13. The summed E-state index contributed by atoms with van der Waals surface area (Å²) in [4.78, 5) is 4.31. The van der Waals surface area contributed by atoms with E-state index in [0.29, 0.717) is 6.04 Å².